The Balaban J connectivity index is 2.12. The summed E-state index contributed by atoms with van der Waals surface area (Å²) in [5.74, 6) is 0. The van der Waals surface area contributed by atoms with Crippen LogP contribution in [0.1, 0.15) is 24.6 Å². The molecule has 2 heterocycles. The molecule has 0 atom stereocenters. The van der Waals surface area contributed by atoms with E-state index in [0.29, 0.717) is 10.3 Å². The Labute approximate surface area is 123 Å². The Morgan fingerprint density at radius 2 is 2.16 bits per heavy atom. The lowest BCUT2D eigenvalue weighted by molar-refractivity contribution is 0.654. The average Bonchev–Trinajstić information content (AvgIpc) is 2.76. The second-order valence-corrected chi connectivity index (χ2v) is 5.22. The minimum absolute atomic E-state index is 0.415. The third-order valence-electron chi connectivity index (χ3n) is 2.98. The molecule has 0 aromatic carbocycles. The number of pyridine rings is 1. The van der Waals surface area contributed by atoms with Crippen molar-refractivity contribution < 1.29 is 0 Å². The van der Waals surface area contributed by atoms with Crippen LogP contribution in [-0.2, 0) is 13.1 Å². The van der Waals surface area contributed by atoms with E-state index in [-0.39, 0.29) is 0 Å². The molecule has 0 spiro atoms. The molecule has 0 fully saturated rings. The summed E-state index contributed by atoms with van der Waals surface area (Å²) in [4.78, 5) is 4.05. The SMILES string of the molecule is CCCn1cccc1CNc1c(C)cc(Cl)nc1Cl. The predicted molar refractivity (Wildman–Crippen MR) is 81.0 cm³/mol. The zero-order chi connectivity index (χ0) is 13.8. The zero-order valence-corrected chi connectivity index (χ0v) is 12.6. The zero-order valence-electron chi connectivity index (χ0n) is 11.1. The Kier molecular flexibility index (Phi) is 4.72. The molecule has 0 saturated heterocycles. The van der Waals surface area contributed by atoms with Gasteiger partial charge in [0.1, 0.15) is 5.15 Å². The van der Waals surface area contributed by atoms with E-state index in [2.05, 4.69) is 40.1 Å². The van der Waals surface area contributed by atoms with Crippen molar-refractivity contribution >= 4 is 28.9 Å². The number of hydrogen-bond donors (Lipinski definition) is 1. The molecule has 102 valence electrons. The average molecular weight is 298 g/mol. The molecule has 3 nitrogen and oxygen atoms in total. The van der Waals surface area contributed by atoms with Crippen molar-refractivity contribution in [2.75, 3.05) is 5.32 Å². The van der Waals surface area contributed by atoms with Gasteiger partial charge in [0.2, 0.25) is 0 Å². The normalized spacial score (nSPS) is 10.7. The van der Waals surface area contributed by atoms with Gasteiger partial charge in [0.25, 0.3) is 0 Å². The lowest BCUT2D eigenvalue weighted by atomic mass is 10.2. The Bertz CT molecular complexity index is 541. The molecule has 2 rings (SSSR count). The van der Waals surface area contributed by atoms with Crippen molar-refractivity contribution in [1.82, 2.24) is 9.55 Å². The number of aromatic nitrogens is 2. The van der Waals surface area contributed by atoms with E-state index in [1.54, 1.807) is 6.07 Å². The summed E-state index contributed by atoms with van der Waals surface area (Å²) < 4.78 is 2.24. The third-order valence-corrected chi connectivity index (χ3v) is 3.44. The molecule has 0 saturated carbocycles. The molecular weight excluding hydrogens is 281 g/mol. The molecule has 19 heavy (non-hydrogen) atoms. The van der Waals surface area contributed by atoms with E-state index in [4.69, 9.17) is 23.2 Å². The lowest BCUT2D eigenvalue weighted by Crippen LogP contribution is -2.08. The van der Waals surface area contributed by atoms with E-state index < -0.39 is 0 Å². The first-order chi connectivity index (χ1) is 9.11. The van der Waals surface area contributed by atoms with Crippen LogP contribution in [0.25, 0.3) is 0 Å². The summed E-state index contributed by atoms with van der Waals surface area (Å²) in [7, 11) is 0. The highest BCUT2D eigenvalue weighted by Gasteiger charge is 2.08. The van der Waals surface area contributed by atoms with Crippen molar-refractivity contribution in [3.05, 3.63) is 46.0 Å². The van der Waals surface area contributed by atoms with Gasteiger partial charge in [-0.15, -0.1) is 0 Å². The quantitative estimate of drug-likeness (QED) is 0.822. The molecule has 0 amide bonds. The van der Waals surface area contributed by atoms with Gasteiger partial charge in [0, 0.05) is 18.4 Å². The molecule has 0 bridgehead atoms. The number of anilines is 1. The second-order valence-electron chi connectivity index (χ2n) is 4.47. The van der Waals surface area contributed by atoms with E-state index >= 15 is 0 Å². The Morgan fingerprint density at radius 3 is 2.84 bits per heavy atom. The highest BCUT2D eigenvalue weighted by Crippen LogP contribution is 2.26. The fourth-order valence-electron chi connectivity index (χ4n) is 2.06. The smallest absolute Gasteiger partial charge is 0.154 e. The number of hydrogen-bond acceptors (Lipinski definition) is 2. The fraction of sp³-hybridized carbons (Fsp3) is 0.357. The maximum atomic E-state index is 6.11. The van der Waals surface area contributed by atoms with Crippen molar-refractivity contribution in [2.45, 2.75) is 33.4 Å². The summed E-state index contributed by atoms with van der Waals surface area (Å²) >= 11 is 12.0. The van der Waals surface area contributed by atoms with Crippen molar-refractivity contribution in [3.8, 4) is 0 Å². The Morgan fingerprint density at radius 1 is 1.37 bits per heavy atom. The Hall–Kier alpha value is -1.19. The number of aryl methyl sites for hydroxylation is 2. The summed E-state index contributed by atoms with van der Waals surface area (Å²) in [5.41, 5.74) is 3.07. The van der Waals surface area contributed by atoms with E-state index in [9.17, 15) is 0 Å². The molecule has 0 aliphatic heterocycles. The maximum Gasteiger partial charge on any atom is 0.154 e. The molecule has 0 unspecified atom stereocenters. The van der Waals surface area contributed by atoms with E-state index in [0.717, 1.165) is 30.8 Å². The van der Waals surface area contributed by atoms with Gasteiger partial charge in [-0.25, -0.2) is 4.98 Å². The molecule has 2 aromatic rings. The van der Waals surface area contributed by atoms with Gasteiger partial charge in [0.05, 0.1) is 12.2 Å². The summed E-state index contributed by atoms with van der Waals surface area (Å²) in [6, 6.07) is 5.97. The molecule has 2 aromatic heterocycles. The third kappa shape index (κ3) is 3.43. The van der Waals surface area contributed by atoms with Gasteiger partial charge in [0.15, 0.2) is 5.15 Å². The lowest BCUT2D eigenvalue weighted by Gasteiger charge is -2.13. The van der Waals surface area contributed by atoms with Crippen LogP contribution < -0.4 is 5.32 Å². The van der Waals surface area contributed by atoms with Crippen LogP contribution >= 0.6 is 23.2 Å². The number of nitrogens with zero attached hydrogens (tertiary/aromatic N) is 2. The molecule has 0 aliphatic carbocycles. The standard InChI is InChI=1S/C14H17Cl2N3/c1-3-6-19-7-4-5-11(19)9-17-13-10(2)8-12(15)18-14(13)16/h4-5,7-8,17H,3,6,9H2,1-2H3. The van der Waals surface area contributed by atoms with Crippen molar-refractivity contribution in [2.24, 2.45) is 0 Å². The first kappa shape index (κ1) is 14.2. The van der Waals surface area contributed by atoms with Gasteiger partial charge in [-0.05, 0) is 37.1 Å². The number of nitrogens with one attached hydrogen (secondary N) is 1. The van der Waals surface area contributed by atoms with E-state index in [1.807, 2.05) is 6.92 Å². The van der Waals surface area contributed by atoms with Crippen LogP contribution in [0.4, 0.5) is 5.69 Å². The predicted octanol–water partition coefficient (Wildman–Crippen LogP) is 4.52. The molecule has 1 N–H and O–H groups in total. The van der Waals surface area contributed by atoms with Crippen molar-refractivity contribution in [3.63, 3.8) is 0 Å². The van der Waals surface area contributed by atoms with Crippen LogP contribution in [0.2, 0.25) is 10.3 Å². The molecule has 5 heteroatoms. The van der Waals surface area contributed by atoms with Crippen LogP contribution in [0.5, 0.6) is 0 Å². The number of halogens is 2. The number of rotatable bonds is 5. The fourth-order valence-corrected chi connectivity index (χ4v) is 2.65. The van der Waals surface area contributed by atoms with Gasteiger partial charge in [-0.2, -0.15) is 0 Å². The van der Waals surface area contributed by atoms with E-state index in [1.165, 1.54) is 5.69 Å². The second kappa shape index (κ2) is 6.31. The molecular formula is C14H17Cl2N3. The van der Waals surface area contributed by atoms with Gasteiger partial charge in [-0.3, -0.25) is 0 Å². The molecule has 0 radical (unpaired) electrons. The van der Waals surface area contributed by atoms with Crippen molar-refractivity contribution in [1.29, 1.82) is 0 Å². The van der Waals surface area contributed by atoms with Crippen LogP contribution in [0.3, 0.4) is 0 Å². The monoisotopic (exact) mass is 297 g/mol. The minimum atomic E-state index is 0.415. The highest BCUT2D eigenvalue weighted by atomic mass is 35.5. The molecule has 0 aliphatic rings. The van der Waals surface area contributed by atoms with Crippen LogP contribution in [-0.4, -0.2) is 9.55 Å². The van der Waals surface area contributed by atoms with Gasteiger partial charge >= 0.3 is 0 Å². The van der Waals surface area contributed by atoms with Gasteiger partial charge < -0.3 is 9.88 Å². The summed E-state index contributed by atoms with van der Waals surface area (Å²) in [6.07, 6.45) is 3.21. The summed E-state index contributed by atoms with van der Waals surface area (Å²) in [6.45, 7) is 5.88. The van der Waals surface area contributed by atoms with Crippen LogP contribution in [0, 0.1) is 6.92 Å². The topological polar surface area (TPSA) is 29.9 Å². The van der Waals surface area contributed by atoms with Crippen LogP contribution in [0.15, 0.2) is 24.4 Å². The first-order valence-corrected chi connectivity index (χ1v) is 7.08. The van der Waals surface area contributed by atoms with Gasteiger partial charge in [-0.1, -0.05) is 30.1 Å². The summed E-state index contributed by atoms with van der Waals surface area (Å²) in [5, 5.41) is 4.17. The maximum absolute atomic E-state index is 6.11. The minimum Gasteiger partial charge on any atom is -0.377 e. The first-order valence-electron chi connectivity index (χ1n) is 6.32. The largest absolute Gasteiger partial charge is 0.377 e. The highest BCUT2D eigenvalue weighted by molar-refractivity contribution is 6.34.